The summed E-state index contributed by atoms with van der Waals surface area (Å²) < 4.78 is 0. The van der Waals surface area contributed by atoms with Crippen molar-refractivity contribution in [3.63, 3.8) is 0 Å². The molecule has 0 aromatic carbocycles. The molecule has 0 bridgehead atoms. The molecule has 1 heterocycles. The zero-order chi connectivity index (χ0) is 8.39. The first-order valence-electron chi connectivity index (χ1n) is 4.53. The number of aromatic nitrogens is 1. The lowest BCUT2D eigenvalue weighted by Gasteiger charge is -2.15. The quantitative estimate of drug-likeness (QED) is 0.762. The molecule has 1 aliphatic rings. The molecule has 1 saturated carbocycles. The smallest absolute Gasteiger partial charge is 0.110 e. The Morgan fingerprint density at radius 1 is 1.50 bits per heavy atom. The SMILES string of the molecule is NC(c1nccs1)C1CCCC1. The first-order valence-corrected chi connectivity index (χ1v) is 5.41. The molecule has 2 nitrogen and oxygen atoms in total. The van der Waals surface area contributed by atoms with Gasteiger partial charge in [0.1, 0.15) is 5.01 Å². The van der Waals surface area contributed by atoms with Crippen LogP contribution < -0.4 is 5.73 Å². The highest BCUT2D eigenvalue weighted by Gasteiger charge is 2.24. The summed E-state index contributed by atoms with van der Waals surface area (Å²) in [6.45, 7) is 0. The predicted octanol–water partition coefficient (Wildman–Crippen LogP) is 2.33. The van der Waals surface area contributed by atoms with E-state index in [1.54, 1.807) is 11.3 Å². The van der Waals surface area contributed by atoms with Crippen molar-refractivity contribution in [3.05, 3.63) is 16.6 Å². The van der Waals surface area contributed by atoms with E-state index in [-0.39, 0.29) is 6.04 Å². The molecular weight excluding hydrogens is 168 g/mol. The van der Waals surface area contributed by atoms with Crippen molar-refractivity contribution in [1.82, 2.24) is 4.98 Å². The number of hydrogen-bond donors (Lipinski definition) is 1. The van der Waals surface area contributed by atoms with Gasteiger partial charge in [0, 0.05) is 11.6 Å². The Kier molecular flexibility index (Phi) is 2.42. The maximum absolute atomic E-state index is 6.09. The van der Waals surface area contributed by atoms with Crippen molar-refractivity contribution in [2.45, 2.75) is 31.7 Å². The molecule has 1 aliphatic carbocycles. The second kappa shape index (κ2) is 3.54. The van der Waals surface area contributed by atoms with Crippen molar-refractivity contribution >= 4 is 11.3 Å². The van der Waals surface area contributed by atoms with E-state index in [0.717, 1.165) is 5.01 Å². The molecule has 1 fully saturated rings. The molecule has 0 saturated heterocycles. The van der Waals surface area contributed by atoms with Gasteiger partial charge in [0.05, 0.1) is 6.04 Å². The van der Waals surface area contributed by atoms with Crippen molar-refractivity contribution in [2.75, 3.05) is 0 Å². The molecule has 0 aliphatic heterocycles. The van der Waals surface area contributed by atoms with E-state index in [4.69, 9.17) is 5.73 Å². The summed E-state index contributed by atoms with van der Waals surface area (Å²) in [7, 11) is 0. The van der Waals surface area contributed by atoms with Gasteiger partial charge in [-0.15, -0.1) is 11.3 Å². The lowest BCUT2D eigenvalue weighted by molar-refractivity contribution is 0.443. The van der Waals surface area contributed by atoms with Gasteiger partial charge in [-0.3, -0.25) is 0 Å². The van der Waals surface area contributed by atoms with Crippen molar-refractivity contribution in [1.29, 1.82) is 0 Å². The zero-order valence-corrected chi connectivity index (χ0v) is 7.89. The average Bonchev–Trinajstić information content (AvgIpc) is 2.77. The molecule has 2 N–H and O–H groups in total. The molecular formula is C9H14N2S. The Labute approximate surface area is 76.8 Å². The van der Waals surface area contributed by atoms with Gasteiger partial charge < -0.3 is 5.73 Å². The molecule has 66 valence electrons. The van der Waals surface area contributed by atoms with E-state index in [1.165, 1.54) is 25.7 Å². The van der Waals surface area contributed by atoms with Crippen LogP contribution in [0.4, 0.5) is 0 Å². The van der Waals surface area contributed by atoms with Gasteiger partial charge in [-0.25, -0.2) is 4.98 Å². The van der Waals surface area contributed by atoms with Gasteiger partial charge in [-0.1, -0.05) is 12.8 Å². The van der Waals surface area contributed by atoms with Crippen LogP contribution in [-0.2, 0) is 0 Å². The van der Waals surface area contributed by atoms with Crippen LogP contribution in [0.5, 0.6) is 0 Å². The summed E-state index contributed by atoms with van der Waals surface area (Å²) in [5, 5.41) is 3.12. The first kappa shape index (κ1) is 8.20. The van der Waals surface area contributed by atoms with Crippen LogP contribution in [0.25, 0.3) is 0 Å². The van der Waals surface area contributed by atoms with Crippen LogP contribution in [-0.4, -0.2) is 4.98 Å². The number of nitrogens with two attached hydrogens (primary N) is 1. The third-order valence-electron chi connectivity index (χ3n) is 2.64. The monoisotopic (exact) mass is 182 g/mol. The van der Waals surface area contributed by atoms with Crippen molar-refractivity contribution in [2.24, 2.45) is 11.7 Å². The molecule has 1 aromatic heterocycles. The first-order chi connectivity index (χ1) is 5.88. The molecule has 0 radical (unpaired) electrons. The summed E-state index contributed by atoms with van der Waals surface area (Å²) in [6, 6.07) is 0.201. The lowest BCUT2D eigenvalue weighted by atomic mass is 10.00. The maximum Gasteiger partial charge on any atom is 0.110 e. The minimum Gasteiger partial charge on any atom is -0.322 e. The van der Waals surface area contributed by atoms with E-state index >= 15 is 0 Å². The lowest BCUT2D eigenvalue weighted by Crippen LogP contribution is -2.18. The fraction of sp³-hybridized carbons (Fsp3) is 0.667. The summed E-state index contributed by atoms with van der Waals surface area (Å²) in [4.78, 5) is 4.25. The summed E-state index contributed by atoms with van der Waals surface area (Å²) in [5.74, 6) is 0.691. The number of thiazole rings is 1. The molecule has 0 amide bonds. The van der Waals surface area contributed by atoms with Gasteiger partial charge in [0.25, 0.3) is 0 Å². The second-order valence-corrected chi connectivity index (χ2v) is 4.37. The summed E-state index contributed by atoms with van der Waals surface area (Å²) >= 11 is 1.68. The van der Waals surface area contributed by atoms with Gasteiger partial charge in [0.2, 0.25) is 0 Å². The molecule has 1 atom stereocenters. The predicted molar refractivity (Wildman–Crippen MR) is 51.0 cm³/mol. The molecule has 2 rings (SSSR count). The Morgan fingerprint density at radius 2 is 2.25 bits per heavy atom. The van der Waals surface area contributed by atoms with Crippen LogP contribution >= 0.6 is 11.3 Å². The Balaban J connectivity index is 2.04. The summed E-state index contributed by atoms with van der Waals surface area (Å²) in [5.41, 5.74) is 6.09. The number of nitrogens with zero attached hydrogens (tertiary/aromatic N) is 1. The summed E-state index contributed by atoms with van der Waals surface area (Å²) in [6.07, 6.45) is 7.13. The third kappa shape index (κ3) is 1.52. The van der Waals surface area contributed by atoms with Crippen LogP contribution in [0.3, 0.4) is 0 Å². The van der Waals surface area contributed by atoms with Crippen LogP contribution in [0, 0.1) is 5.92 Å². The Hall–Kier alpha value is -0.410. The number of hydrogen-bond acceptors (Lipinski definition) is 3. The van der Waals surface area contributed by atoms with E-state index in [0.29, 0.717) is 5.92 Å². The second-order valence-electron chi connectivity index (χ2n) is 3.44. The van der Waals surface area contributed by atoms with Crippen LogP contribution in [0.2, 0.25) is 0 Å². The molecule has 1 aromatic rings. The van der Waals surface area contributed by atoms with E-state index in [1.807, 2.05) is 11.6 Å². The highest BCUT2D eigenvalue weighted by atomic mass is 32.1. The minimum atomic E-state index is 0.201. The Morgan fingerprint density at radius 3 is 2.83 bits per heavy atom. The highest BCUT2D eigenvalue weighted by Crippen LogP contribution is 2.34. The van der Waals surface area contributed by atoms with Crippen LogP contribution in [0.1, 0.15) is 36.7 Å². The van der Waals surface area contributed by atoms with Crippen molar-refractivity contribution < 1.29 is 0 Å². The highest BCUT2D eigenvalue weighted by molar-refractivity contribution is 7.09. The molecule has 1 unspecified atom stereocenters. The van der Waals surface area contributed by atoms with Gasteiger partial charge in [-0.05, 0) is 18.8 Å². The fourth-order valence-electron chi connectivity index (χ4n) is 1.92. The largest absolute Gasteiger partial charge is 0.322 e. The standard InChI is InChI=1S/C9H14N2S/c10-8(7-3-1-2-4-7)9-11-5-6-12-9/h5-8H,1-4,10H2. The fourth-order valence-corrected chi connectivity index (χ4v) is 2.65. The van der Waals surface area contributed by atoms with E-state index < -0.39 is 0 Å². The Bertz CT molecular complexity index is 227. The van der Waals surface area contributed by atoms with Gasteiger partial charge in [0.15, 0.2) is 0 Å². The molecule has 12 heavy (non-hydrogen) atoms. The van der Waals surface area contributed by atoms with Crippen LogP contribution in [0.15, 0.2) is 11.6 Å². The molecule has 3 heteroatoms. The normalized spacial score (nSPS) is 21.4. The average molecular weight is 182 g/mol. The topological polar surface area (TPSA) is 38.9 Å². The van der Waals surface area contributed by atoms with Gasteiger partial charge >= 0.3 is 0 Å². The van der Waals surface area contributed by atoms with Gasteiger partial charge in [-0.2, -0.15) is 0 Å². The molecule has 0 spiro atoms. The third-order valence-corrected chi connectivity index (χ3v) is 3.52. The van der Waals surface area contributed by atoms with E-state index in [2.05, 4.69) is 4.98 Å². The van der Waals surface area contributed by atoms with E-state index in [9.17, 15) is 0 Å². The minimum absolute atomic E-state index is 0.201. The maximum atomic E-state index is 6.09. The zero-order valence-electron chi connectivity index (χ0n) is 7.07. The number of rotatable bonds is 2. The van der Waals surface area contributed by atoms with Crippen molar-refractivity contribution in [3.8, 4) is 0 Å².